The molecule has 8 heteroatoms. The molecule has 1 aromatic heterocycles. The first-order valence-corrected chi connectivity index (χ1v) is 11.4. The van der Waals surface area contributed by atoms with Crippen LogP contribution in [0.15, 0.2) is 44.1 Å². The summed E-state index contributed by atoms with van der Waals surface area (Å²) in [6.45, 7) is 3.18. The van der Waals surface area contributed by atoms with E-state index in [0.29, 0.717) is 24.6 Å². The van der Waals surface area contributed by atoms with Gasteiger partial charge >= 0.3 is 0 Å². The number of amides is 3. The minimum atomic E-state index is -0.454. The highest BCUT2D eigenvalue weighted by atomic mass is 79.9. The van der Waals surface area contributed by atoms with Gasteiger partial charge in [0, 0.05) is 29.2 Å². The van der Waals surface area contributed by atoms with Gasteiger partial charge in [-0.3, -0.25) is 19.3 Å². The molecule has 2 saturated heterocycles. The van der Waals surface area contributed by atoms with Crippen molar-refractivity contribution in [2.45, 2.75) is 26.2 Å². The number of rotatable bonds is 4. The molecule has 0 atom stereocenters. The maximum atomic E-state index is 12.7. The van der Waals surface area contributed by atoms with Crippen LogP contribution < -0.4 is 0 Å². The summed E-state index contributed by atoms with van der Waals surface area (Å²) in [6.07, 6.45) is 4.59. The van der Waals surface area contributed by atoms with Gasteiger partial charge in [-0.05, 0) is 67.8 Å². The predicted octanol–water partition coefficient (Wildman–Crippen LogP) is 5.07. The van der Waals surface area contributed by atoms with Gasteiger partial charge in [-0.15, -0.1) is 0 Å². The fourth-order valence-corrected chi connectivity index (χ4v) is 5.05. The maximum Gasteiger partial charge on any atom is 0.294 e. The Labute approximate surface area is 187 Å². The van der Waals surface area contributed by atoms with Crippen LogP contribution in [-0.4, -0.2) is 46.5 Å². The van der Waals surface area contributed by atoms with Crippen LogP contribution in [0, 0.1) is 6.92 Å². The van der Waals surface area contributed by atoms with Crippen molar-refractivity contribution >= 4 is 50.8 Å². The van der Waals surface area contributed by atoms with Crippen LogP contribution in [-0.2, 0) is 9.59 Å². The smallest absolute Gasteiger partial charge is 0.294 e. The van der Waals surface area contributed by atoms with Crippen molar-refractivity contribution in [1.82, 2.24) is 9.80 Å². The monoisotopic (exact) mass is 488 g/mol. The molecule has 2 aromatic rings. The summed E-state index contributed by atoms with van der Waals surface area (Å²) in [5, 5.41) is -0.426. The summed E-state index contributed by atoms with van der Waals surface area (Å²) in [4.78, 5) is 40.5. The summed E-state index contributed by atoms with van der Waals surface area (Å²) in [5.74, 6) is 0.505. The van der Waals surface area contributed by atoms with Crippen LogP contribution in [0.1, 0.15) is 30.6 Å². The van der Waals surface area contributed by atoms with E-state index in [-0.39, 0.29) is 17.4 Å². The first-order valence-electron chi connectivity index (χ1n) is 9.82. The topological polar surface area (TPSA) is 70.8 Å². The molecular formula is C22H21BrN2O4S. The van der Waals surface area contributed by atoms with E-state index in [1.165, 1.54) is 0 Å². The van der Waals surface area contributed by atoms with Crippen LogP contribution in [0.5, 0.6) is 0 Å². The lowest BCUT2D eigenvalue weighted by Crippen LogP contribution is -2.44. The average molecular weight is 489 g/mol. The molecule has 4 rings (SSSR count). The zero-order valence-corrected chi connectivity index (χ0v) is 18.9. The molecule has 156 valence electrons. The Hall–Kier alpha value is -2.32. The number of piperidine rings is 1. The van der Waals surface area contributed by atoms with Crippen molar-refractivity contribution in [3.8, 4) is 11.3 Å². The van der Waals surface area contributed by atoms with Crippen molar-refractivity contribution in [2.75, 3.05) is 19.6 Å². The van der Waals surface area contributed by atoms with Gasteiger partial charge in [0.15, 0.2) is 0 Å². The highest BCUT2D eigenvalue weighted by molar-refractivity contribution is 9.10. The van der Waals surface area contributed by atoms with Crippen molar-refractivity contribution in [1.29, 1.82) is 0 Å². The summed E-state index contributed by atoms with van der Waals surface area (Å²) < 4.78 is 6.79. The minimum Gasteiger partial charge on any atom is -0.457 e. The Morgan fingerprint density at radius 3 is 2.67 bits per heavy atom. The largest absolute Gasteiger partial charge is 0.457 e. The minimum absolute atomic E-state index is 0.178. The highest BCUT2D eigenvalue weighted by Gasteiger charge is 2.37. The molecule has 0 N–H and O–H groups in total. The Morgan fingerprint density at radius 1 is 1.17 bits per heavy atom. The Kier molecular flexibility index (Phi) is 6.15. The lowest BCUT2D eigenvalue weighted by molar-refractivity contribution is -0.136. The molecule has 0 spiro atoms. The van der Waals surface area contributed by atoms with Crippen LogP contribution in [0.4, 0.5) is 4.79 Å². The zero-order chi connectivity index (χ0) is 21.3. The number of nitrogens with zero attached hydrogens (tertiary/aromatic N) is 2. The fraction of sp³-hybridized carbons (Fsp3) is 0.318. The molecule has 0 aliphatic carbocycles. The first-order chi connectivity index (χ1) is 14.4. The molecule has 3 amide bonds. The second-order valence-electron chi connectivity index (χ2n) is 7.39. The van der Waals surface area contributed by atoms with Gasteiger partial charge in [-0.25, -0.2) is 0 Å². The number of hydrogen-bond donors (Lipinski definition) is 0. The van der Waals surface area contributed by atoms with Gasteiger partial charge in [-0.1, -0.05) is 22.0 Å². The Bertz CT molecular complexity index is 1040. The molecule has 30 heavy (non-hydrogen) atoms. The number of hydrogen-bond acceptors (Lipinski definition) is 5. The third kappa shape index (κ3) is 4.39. The van der Waals surface area contributed by atoms with Gasteiger partial charge in [0.1, 0.15) is 18.1 Å². The number of likely N-dealkylation sites (tertiary alicyclic amines) is 1. The number of aryl methyl sites for hydroxylation is 1. The summed E-state index contributed by atoms with van der Waals surface area (Å²) in [7, 11) is 0. The molecule has 2 aliphatic rings. The molecule has 1 aromatic carbocycles. The normalized spacial score (nSPS) is 18.5. The van der Waals surface area contributed by atoms with Gasteiger partial charge < -0.3 is 9.32 Å². The van der Waals surface area contributed by atoms with Gasteiger partial charge in [-0.2, -0.15) is 0 Å². The van der Waals surface area contributed by atoms with Crippen LogP contribution in [0.2, 0.25) is 0 Å². The van der Waals surface area contributed by atoms with E-state index < -0.39 is 11.1 Å². The lowest BCUT2D eigenvalue weighted by atomic mass is 10.1. The van der Waals surface area contributed by atoms with Gasteiger partial charge in [0.25, 0.3) is 11.1 Å². The Morgan fingerprint density at radius 2 is 1.93 bits per heavy atom. The molecule has 6 nitrogen and oxygen atoms in total. The van der Waals surface area contributed by atoms with Crippen LogP contribution in [0.25, 0.3) is 17.4 Å². The number of carbonyl (C=O) groups excluding carboxylic acids is 3. The maximum absolute atomic E-state index is 12.7. The van der Waals surface area contributed by atoms with E-state index in [9.17, 15) is 14.4 Å². The second kappa shape index (κ2) is 8.81. The van der Waals surface area contributed by atoms with Gasteiger partial charge in [0.05, 0.1) is 4.91 Å². The Balaban J connectivity index is 1.48. The van der Waals surface area contributed by atoms with Crippen molar-refractivity contribution in [3.63, 3.8) is 0 Å². The molecule has 2 fully saturated rings. The SMILES string of the molecule is Cc1ccc(-c2ccc(C=C3SC(=O)N(CC(=O)N4CCCCC4)C3=O)o2)c(Br)c1. The number of carbonyl (C=O) groups is 3. The van der Waals surface area contributed by atoms with E-state index in [0.717, 1.165) is 51.5 Å². The second-order valence-corrected chi connectivity index (χ2v) is 9.24. The molecule has 0 unspecified atom stereocenters. The molecule has 0 saturated carbocycles. The van der Waals surface area contributed by atoms with E-state index in [1.807, 2.05) is 31.2 Å². The zero-order valence-electron chi connectivity index (χ0n) is 16.5. The fourth-order valence-electron chi connectivity index (χ4n) is 3.54. The predicted molar refractivity (Wildman–Crippen MR) is 120 cm³/mol. The van der Waals surface area contributed by atoms with Crippen molar-refractivity contribution < 1.29 is 18.8 Å². The summed E-state index contributed by atoms with van der Waals surface area (Å²) in [6, 6.07) is 9.54. The van der Waals surface area contributed by atoms with Crippen molar-refractivity contribution in [3.05, 3.63) is 51.0 Å². The quantitative estimate of drug-likeness (QED) is 0.562. The molecule has 3 heterocycles. The first kappa shape index (κ1) is 20.9. The number of imide groups is 1. The van der Waals surface area contributed by atoms with E-state index >= 15 is 0 Å². The summed E-state index contributed by atoms with van der Waals surface area (Å²) >= 11 is 4.38. The molecular weight excluding hydrogens is 468 g/mol. The third-order valence-corrected chi connectivity index (χ3v) is 6.73. The summed E-state index contributed by atoms with van der Waals surface area (Å²) in [5.41, 5.74) is 2.03. The standard InChI is InChI=1S/C22H21BrN2O4S/c1-14-5-7-16(17(23)11-14)18-8-6-15(29-18)12-19-21(27)25(22(28)30-19)13-20(26)24-9-3-2-4-10-24/h5-8,11-12H,2-4,9-10,13H2,1H3. The highest BCUT2D eigenvalue weighted by Crippen LogP contribution is 2.35. The number of thioether (sulfide) groups is 1. The van der Waals surface area contributed by atoms with E-state index in [4.69, 9.17) is 4.42 Å². The molecule has 0 radical (unpaired) electrons. The van der Waals surface area contributed by atoms with Crippen LogP contribution >= 0.6 is 27.7 Å². The van der Waals surface area contributed by atoms with Gasteiger partial charge in [0.2, 0.25) is 5.91 Å². The van der Waals surface area contributed by atoms with E-state index in [1.54, 1.807) is 17.0 Å². The molecule has 0 bridgehead atoms. The average Bonchev–Trinajstić information content (AvgIpc) is 3.29. The number of benzene rings is 1. The van der Waals surface area contributed by atoms with Crippen molar-refractivity contribution in [2.24, 2.45) is 0 Å². The number of halogens is 1. The lowest BCUT2D eigenvalue weighted by Gasteiger charge is -2.27. The molecule has 2 aliphatic heterocycles. The third-order valence-electron chi connectivity index (χ3n) is 5.17. The number of furan rings is 1. The van der Waals surface area contributed by atoms with E-state index in [2.05, 4.69) is 15.9 Å². The van der Waals surface area contributed by atoms with Crippen LogP contribution in [0.3, 0.4) is 0 Å².